The number of nitrogens with zero attached hydrogens (tertiary/aromatic N) is 20. The minimum Gasteiger partial charge on any atom is -0.364 e. The molecular formula is C58H70N26O12. The van der Waals surface area contributed by atoms with E-state index < -0.39 is 83.0 Å². The average molecular weight is 1320 g/mol. The summed E-state index contributed by atoms with van der Waals surface area (Å²) in [6, 6.07) is -2.34. The van der Waals surface area contributed by atoms with Gasteiger partial charge in [-0.15, -0.1) is 0 Å². The van der Waals surface area contributed by atoms with Gasteiger partial charge in [0.15, 0.2) is 46.7 Å². The maximum atomic E-state index is 13.4. The molecule has 0 saturated heterocycles. The standard InChI is InChI=1S/C58H70N26O12/c1-77-21-29-17-35(77)51(89)61-13-9-33(59)49(87)75-41-27-83(7)47(73-41)57(95)67-31-19-38(80(4)23-31)54(92)64-16-12-44(86)70-40-26-82(6)46(72-40)56(94)66-30-18-36(78(2)22-30)52(90)62-14-10-34(60)50(88)76-42-28-84(8)48(74-42)58(96)68-32-20-37(79(3)24-32)53(91)63-15-11-43(85)69-39-25-81(5)45(71-39)55(93)65-29/h17-20,33-34H,9-16,21-28,59-60H2,1-8H3,(H,61,89)(H,62,90)(H,63,91)(H,64,92)/t33-,34-/m1/s1. The number of rotatable bonds is 0. The van der Waals surface area contributed by atoms with E-state index in [0.29, 0.717) is 0 Å². The van der Waals surface area contributed by atoms with E-state index in [1.165, 1.54) is 43.9 Å². The molecule has 2 atom stereocenters. The van der Waals surface area contributed by atoms with Crippen molar-refractivity contribution in [2.75, 3.05) is 135 Å². The number of hydrogen-bond acceptors (Lipinski definition) is 26. The SMILES string of the molecule is CN1CC2=NC(=O)C3=NC(=NC(=O)CCNC(=O)C4=CC(=NC(=O)C5=NC(=NC(=O)[C@H](N)CCNC(=O)C6=CC(=NC(=O)C7=NC(=NC(=O)CCNC(=O)C8=CC(=NC(=O)C9=NC(=NC(=O)[C@H](N)CCNC(=O)C1=C2)CN9C)CN8C)CN7C)CN6C)CN5C)CN4C)CN3C. The van der Waals surface area contributed by atoms with Crippen LogP contribution in [0.4, 0.5) is 0 Å². The number of aliphatic imine (C=N–C) groups is 12. The van der Waals surface area contributed by atoms with Crippen LogP contribution in [0.3, 0.4) is 0 Å². The Morgan fingerprint density at radius 1 is 0.312 bits per heavy atom. The third kappa shape index (κ3) is 16.8. The first-order valence-electron chi connectivity index (χ1n) is 30.0. The summed E-state index contributed by atoms with van der Waals surface area (Å²) in [5, 5.41) is 10.7. The van der Waals surface area contributed by atoms with Crippen LogP contribution in [-0.2, 0) is 57.5 Å². The number of fused-ring (bicyclic) bond motifs is 8. The van der Waals surface area contributed by atoms with E-state index in [4.69, 9.17) is 11.5 Å². The summed E-state index contributed by atoms with van der Waals surface area (Å²) in [5.41, 5.74) is 13.9. The number of amides is 12. The Morgan fingerprint density at radius 2 is 0.552 bits per heavy atom. The fraction of sp³-hybridized carbons (Fsp3) is 0.448. The first-order chi connectivity index (χ1) is 45.6. The molecule has 0 aromatic rings. The van der Waals surface area contributed by atoms with Gasteiger partial charge in [0, 0.05) is 95.4 Å². The van der Waals surface area contributed by atoms with Crippen molar-refractivity contribution in [3.63, 3.8) is 0 Å². The highest BCUT2D eigenvalue weighted by Crippen LogP contribution is 2.18. The van der Waals surface area contributed by atoms with Crippen molar-refractivity contribution in [1.29, 1.82) is 0 Å². The zero-order chi connectivity index (χ0) is 69.4. The Kier molecular flexibility index (Phi) is 21.3. The normalized spacial score (nSPS) is 23.6. The van der Waals surface area contributed by atoms with E-state index in [1.807, 2.05) is 0 Å². The van der Waals surface area contributed by atoms with Crippen LogP contribution >= 0.6 is 0 Å². The highest BCUT2D eigenvalue weighted by atomic mass is 16.2. The molecular weight excluding hydrogens is 1250 g/mol. The molecule has 504 valence electrons. The predicted molar refractivity (Wildman–Crippen MR) is 349 cm³/mol. The van der Waals surface area contributed by atoms with Crippen molar-refractivity contribution in [3.8, 4) is 0 Å². The van der Waals surface area contributed by atoms with E-state index >= 15 is 0 Å². The molecule has 0 aliphatic carbocycles. The largest absolute Gasteiger partial charge is 0.364 e. The predicted octanol–water partition coefficient (Wildman–Crippen LogP) is -7.06. The number of nitrogens with one attached hydrogen (secondary N) is 4. The van der Waals surface area contributed by atoms with Crippen LogP contribution in [0, 0.1) is 0 Å². The molecule has 0 saturated carbocycles. The molecule has 0 fully saturated rings. The van der Waals surface area contributed by atoms with Crippen LogP contribution in [0.5, 0.6) is 0 Å². The van der Waals surface area contributed by atoms with Crippen LogP contribution < -0.4 is 32.7 Å². The molecule has 16 bridgehead atoms. The molecule has 38 nitrogen and oxygen atoms in total. The van der Waals surface area contributed by atoms with Gasteiger partial charge >= 0.3 is 23.6 Å². The molecule has 9 heterocycles. The number of likely N-dealkylation sites (N-methyl/N-ethyl adjacent to an activating group) is 8. The van der Waals surface area contributed by atoms with Gasteiger partial charge in [0.1, 0.15) is 22.8 Å². The quantitative estimate of drug-likeness (QED) is 0.131. The monoisotopic (exact) mass is 1320 g/mol. The molecule has 0 aromatic heterocycles. The summed E-state index contributed by atoms with van der Waals surface area (Å²) in [7, 11) is 12.6. The molecule has 9 rings (SSSR count). The molecule has 0 radical (unpaired) electrons. The van der Waals surface area contributed by atoms with Crippen molar-refractivity contribution in [2.45, 2.75) is 37.8 Å². The summed E-state index contributed by atoms with van der Waals surface area (Å²) in [6.45, 7) is -0.0987. The van der Waals surface area contributed by atoms with Gasteiger partial charge < -0.3 is 71.9 Å². The maximum Gasteiger partial charge on any atom is 0.312 e. The minimum absolute atomic E-state index is 0.000887. The second-order valence-electron chi connectivity index (χ2n) is 23.2. The number of hydrogen-bond donors (Lipinski definition) is 6. The third-order valence-electron chi connectivity index (χ3n) is 15.4. The van der Waals surface area contributed by atoms with E-state index in [0.717, 1.165) is 0 Å². The lowest BCUT2D eigenvalue weighted by Crippen LogP contribution is -2.37. The summed E-state index contributed by atoms with van der Waals surface area (Å²) in [6.07, 6.45) is 5.12. The highest BCUT2D eigenvalue weighted by molar-refractivity contribution is 6.46. The molecule has 0 unspecified atom stereocenters. The lowest BCUT2D eigenvalue weighted by molar-refractivity contribution is -0.121. The van der Waals surface area contributed by atoms with E-state index in [9.17, 15) is 57.5 Å². The maximum absolute atomic E-state index is 13.4. The van der Waals surface area contributed by atoms with Crippen LogP contribution in [0.15, 0.2) is 107 Å². The van der Waals surface area contributed by atoms with Gasteiger partial charge in [-0.3, -0.25) is 57.5 Å². The number of nitrogens with two attached hydrogens (primary N) is 2. The fourth-order valence-electron chi connectivity index (χ4n) is 10.4. The van der Waals surface area contributed by atoms with Gasteiger partial charge in [0.25, 0.3) is 35.4 Å². The van der Waals surface area contributed by atoms with Gasteiger partial charge in [-0.05, 0) is 37.1 Å². The fourth-order valence-corrected chi connectivity index (χ4v) is 10.4. The number of carbonyl (C=O) groups is 12. The van der Waals surface area contributed by atoms with Gasteiger partial charge in [-0.2, -0.15) is 20.0 Å². The Morgan fingerprint density at radius 3 is 0.812 bits per heavy atom. The molecule has 96 heavy (non-hydrogen) atoms. The second kappa shape index (κ2) is 29.7. The molecule has 12 amide bonds. The smallest absolute Gasteiger partial charge is 0.312 e. The lowest BCUT2D eigenvalue weighted by Gasteiger charge is -2.15. The molecule has 8 N–H and O–H groups in total. The van der Waals surface area contributed by atoms with E-state index in [1.54, 1.807) is 76.0 Å². The second-order valence-corrected chi connectivity index (χ2v) is 23.2. The Bertz CT molecular complexity index is 3720. The van der Waals surface area contributed by atoms with Crippen molar-refractivity contribution >= 4 is 140 Å². The highest BCUT2D eigenvalue weighted by Gasteiger charge is 2.34. The van der Waals surface area contributed by atoms with Crippen molar-refractivity contribution in [1.82, 2.24) is 60.5 Å². The summed E-state index contributed by atoms with van der Waals surface area (Å²) >= 11 is 0. The van der Waals surface area contributed by atoms with Crippen LogP contribution in [0.25, 0.3) is 0 Å². The average Bonchev–Trinajstić information content (AvgIpc) is 1.71. The Hall–Kier alpha value is -11.4. The van der Waals surface area contributed by atoms with Crippen LogP contribution in [-0.4, -0.2) is 327 Å². The first-order valence-corrected chi connectivity index (χ1v) is 30.0. The molecule has 38 heteroatoms. The zero-order valence-electron chi connectivity index (χ0n) is 53.8. The van der Waals surface area contributed by atoms with Gasteiger partial charge in [-0.1, -0.05) is 0 Å². The van der Waals surface area contributed by atoms with Crippen molar-refractivity contribution < 1.29 is 57.5 Å². The Balaban J connectivity index is 0.861. The van der Waals surface area contributed by atoms with Crippen molar-refractivity contribution in [3.05, 3.63) is 47.1 Å². The number of carbonyl (C=O) groups excluding carboxylic acids is 12. The minimum atomic E-state index is -1.17. The first kappa shape index (κ1) is 68.9. The van der Waals surface area contributed by atoms with Gasteiger partial charge in [0.2, 0.25) is 11.8 Å². The lowest BCUT2D eigenvalue weighted by atomic mass is 10.2. The topological polar surface area (TPSA) is 479 Å². The van der Waals surface area contributed by atoms with E-state index in [2.05, 4.69) is 81.2 Å². The van der Waals surface area contributed by atoms with Gasteiger partial charge in [-0.25, -0.2) is 39.9 Å². The number of amidine groups is 8. The Labute approximate surface area is 547 Å². The zero-order valence-corrected chi connectivity index (χ0v) is 53.8. The van der Waals surface area contributed by atoms with E-state index in [-0.39, 0.29) is 197 Å². The van der Waals surface area contributed by atoms with Crippen molar-refractivity contribution in [2.24, 2.45) is 71.4 Å². The molecule has 9 aliphatic heterocycles. The molecule has 9 aliphatic rings. The van der Waals surface area contributed by atoms with Crippen LogP contribution in [0.2, 0.25) is 0 Å². The van der Waals surface area contributed by atoms with Crippen LogP contribution in [0.1, 0.15) is 25.7 Å². The summed E-state index contributed by atoms with van der Waals surface area (Å²) in [4.78, 5) is 220. The summed E-state index contributed by atoms with van der Waals surface area (Å²) in [5.74, 6) is -8.49. The molecule has 0 aromatic carbocycles. The summed E-state index contributed by atoms with van der Waals surface area (Å²) < 4.78 is 0. The van der Waals surface area contributed by atoms with Gasteiger partial charge in [0.05, 0.1) is 87.3 Å². The molecule has 0 spiro atoms. The third-order valence-corrected chi connectivity index (χ3v) is 15.4.